The number of imidazole rings is 1. The van der Waals surface area contributed by atoms with Gasteiger partial charge in [-0.25, -0.2) is 19.7 Å². The van der Waals surface area contributed by atoms with Gasteiger partial charge in [-0.05, 0) is 97.9 Å². The molecule has 320 valence electrons. The van der Waals surface area contributed by atoms with Crippen molar-refractivity contribution in [1.82, 2.24) is 19.5 Å². The van der Waals surface area contributed by atoms with Crippen LogP contribution in [0.5, 0.6) is 11.5 Å². The third-order valence-corrected chi connectivity index (χ3v) is 14.0. The van der Waals surface area contributed by atoms with Crippen LogP contribution in [0.3, 0.4) is 0 Å². The number of aryl methyl sites for hydroxylation is 1. The molecular formula is C43H69IN6O6S. The van der Waals surface area contributed by atoms with Gasteiger partial charge in [-0.3, -0.25) is 4.57 Å². The Morgan fingerprint density at radius 1 is 1.00 bits per heavy atom. The van der Waals surface area contributed by atoms with Crippen LogP contribution in [0.1, 0.15) is 128 Å². The smallest absolute Gasteiger partial charge is 0.328 e. The molecule has 0 spiro atoms. The topological polar surface area (TPSA) is 181 Å². The van der Waals surface area contributed by atoms with E-state index in [9.17, 15) is 15.0 Å². The molecule has 4 unspecified atom stereocenters. The van der Waals surface area contributed by atoms with Gasteiger partial charge >= 0.3 is 5.97 Å². The van der Waals surface area contributed by atoms with Crippen molar-refractivity contribution in [1.29, 1.82) is 0 Å². The molecule has 4 heterocycles. The van der Waals surface area contributed by atoms with Gasteiger partial charge in [-0.1, -0.05) is 72.6 Å². The second-order valence-electron chi connectivity index (χ2n) is 17.6. The van der Waals surface area contributed by atoms with Gasteiger partial charge in [0.15, 0.2) is 17.7 Å². The monoisotopic (exact) mass is 924 g/mol. The number of aliphatic hydroxyl groups is 2. The highest BCUT2D eigenvalue weighted by Crippen LogP contribution is 2.43. The summed E-state index contributed by atoms with van der Waals surface area (Å²) in [6.45, 7) is 15.7. The maximum atomic E-state index is 13.2. The van der Waals surface area contributed by atoms with Crippen LogP contribution in [0.25, 0.3) is 11.2 Å². The standard InChI is InChI=1S/C43H69N6O6S.HI/c1-26(2)12-9-13-27(3)14-10-15-28(4)16-11-19-43(7)20-17-31-22-33(29(5)30(6)38(31)55-43)54-42(52)32(44)18-21-56(8)23-34-36(50)37(51)41(53-34)49-25-48-35-39(45)46-24-47-40(35)49;/h22,24-28,32,34,36-37,41,50-51H,9-21,23,44H2,1-8H3,(H2,45,46,47);1H/q+1;/p-1/t27?,28?,32-,34+,36+,37+,41+,43?,56?;/m0./s1. The summed E-state index contributed by atoms with van der Waals surface area (Å²) in [4.78, 5) is 25.7. The molecule has 0 radical (unpaired) electrons. The Kier molecular flexibility index (Phi) is 17.8. The molecule has 1 aromatic carbocycles. The molecule has 6 N–H and O–H groups in total. The number of aromatic nitrogens is 4. The maximum Gasteiger partial charge on any atom is 0.328 e. The quantitative estimate of drug-likeness (QED) is 0.0562. The molecule has 0 saturated carbocycles. The number of fused-ring (bicyclic) bond motifs is 2. The molecule has 12 nitrogen and oxygen atoms in total. The Morgan fingerprint density at radius 3 is 2.35 bits per heavy atom. The number of nitrogens with two attached hydrogens (primary N) is 2. The number of nitrogen functional groups attached to an aromatic ring is 1. The lowest BCUT2D eigenvalue weighted by Gasteiger charge is -2.37. The highest BCUT2D eigenvalue weighted by atomic mass is 127. The molecular weight excluding hydrogens is 855 g/mol. The first-order valence-electron chi connectivity index (χ1n) is 20.9. The molecule has 14 heteroatoms. The number of anilines is 1. The second-order valence-corrected chi connectivity index (χ2v) is 19.9. The minimum absolute atomic E-state index is 0. The number of aliphatic hydroxyl groups excluding tert-OH is 2. The molecule has 2 aromatic heterocycles. The Bertz CT molecular complexity index is 1760. The molecule has 0 bridgehead atoms. The number of carbonyl (C=O) groups excluding carboxylic acids is 1. The van der Waals surface area contributed by atoms with Crippen LogP contribution >= 0.6 is 0 Å². The van der Waals surface area contributed by atoms with Gasteiger partial charge in [-0.2, -0.15) is 0 Å². The molecule has 5 rings (SSSR count). The lowest BCUT2D eigenvalue weighted by atomic mass is 9.85. The Hall–Kier alpha value is -2.24. The van der Waals surface area contributed by atoms with Crippen molar-refractivity contribution in [2.24, 2.45) is 23.5 Å². The van der Waals surface area contributed by atoms with Gasteiger partial charge in [0.05, 0.1) is 12.6 Å². The van der Waals surface area contributed by atoms with Crippen molar-refractivity contribution in [2.75, 3.05) is 23.5 Å². The van der Waals surface area contributed by atoms with E-state index in [0.29, 0.717) is 34.8 Å². The molecule has 2 aliphatic rings. The highest BCUT2D eigenvalue weighted by Gasteiger charge is 2.46. The summed E-state index contributed by atoms with van der Waals surface area (Å²) in [5.41, 5.74) is 15.9. The number of hydrogen-bond donors (Lipinski definition) is 4. The first-order valence-corrected chi connectivity index (χ1v) is 22.9. The van der Waals surface area contributed by atoms with E-state index in [1.807, 2.05) is 26.2 Å². The van der Waals surface area contributed by atoms with Crippen molar-refractivity contribution >= 4 is 33.8 Å². The normalized spacial score (nSPS) is 24.1. The number of carbonyl (C=O) groups is 1. The number of halogens is 1. The van der Waals surface area contributed by atoms with Crippen LogP contribution < -0.4 is 44.9 Å². The molecule has 1 saturated heterocycles. The average molecular weight is 925 g/mol. The molecule has 1 fully saturated rings. The molecule has 3 aromatic rings. The van der Waals surface area contributed by atoms with E-state index in [2.05, 4.69) is 49.6 Å². The predicted octanol–water partition coefficient (Wildman–Crippen LogP) is 3.74. The number of hydrogen-bond acceptors (Lipinski definition) is 11. The SMILES string of the molecule is Cc1c(OC(=O)[C@@H](N)CC[S+](C)C[C@H]2O[C@@H](n3cnc4c(N)ncnc43)[C@H](O)[C@@H]2O)cc2c(c1C)OC(C)(CCCC(C)CCCC(C)CCCC(C)C)CC2.[I-]. The summed E-state index contributed by atoms with van der Waals surface area (Å²) in [6.07, 6.45) is 14.7. The van der Waals surface area contributed by atoms with Crippen molar-refractivity contribution < 1.29 is 53.2 Å². The molecule has 0 amide bonds. The summed E-state index contributed by atoms with van der Waals surface area (Å²) in [5, 5.41) is 21.7. The summed E-state index contributed by atoms with van der Waals surface area (Å²) in [5.74, 6) is 4.71. The second kappa shape index (κ2) is 21.3. The number of ether oxygens (including phenoxy) is 3. The van der Waals surface area contributed by atoms with Crippen molar-refractivity contribution in [2.45, 2.75) is 162 Å². The van der Waals surface area contributed by atoms with E-state index in [1.54, 1.807) is 4.57 Å². The first kappa shape index (κ1) is 47.4. The zero-order valence-electron chi connectivity index (χ0n) is 35.5. The van der Waals surface area contributed by atoms with E-state index >= 15 is 0 Å². The Morgan fingerprint density at radius 2 is 1.67 bits per heavy atom. The first-order chi connectivity index (χ1) is 26.6. The zero-order chi connectivity index (χ0) is 40.7. The van der Waals surface area contributed by atoms with Gasteiger partial charge in [0.2, 0.25) is 0 Å². The number of benzene rings is 1. The van der Waals surface area contributed by atoms with Gasteiger partial charge in [0, 0.05) is 6.42 Å². The maximum absolute atomic E-state index is 13.2. The van der Waals surface area contributed by atoms with Crippen molar-refractivity contribution in [3.8, 4) is 11.5 Å². The Labute approximate surface area is 360 Å². The van der Waals surface area contributed by atoms with E-state index < -0.39 is 36.6 Å². The van der Waals surface area contributed by atoms with Gasteiger partial charge in [-0.15, -0.1) is 0 Å². The van der Waals surface area contributed by atoms with Crippen LogP contribution in [0, 0.1) is 31.6 Å². The van der Waals surface area contributed by atoms with E-state index in [0.717, 1.165) is 65.9 Å². The van der Waals surface area contributed by atoms with Gasteiger partial charge in [0.25, 0.3) is 0 Å². The third kappa shape index (κ3) is 12.4. The lowest BCUT2D eigenvalue weighted by molar-refractivity contribution is -0.135. The summed E-state index contributed by atoms with van der Waals surface area (Å²) < 4.78 is 20.4. The van der Waals surface area contributed by atoms with Crippen LogP contribution in [0.4, 0.5) is 5.82 Å². The van der Waals surface area contributed by atoms with E-state index in [1.165, 1.54) is 57.6 Å². The molecule has 57 heavy (non-hydrogen) atoms. The van der Waals surface area contributed by atoms with Gasteiger partial charge < -0.3 is 59.9 Å². The predicted molar refractivity (Wildman–Crippen MR) is 225 cm³/mol. The zero-order valence-corrected chi connectivity index (χ0v) is 38.5. The fourth-order valence-corrected chi connectivity index (χ4v) is 9.84. The number of rotatable bonds is 20. The van der Waals surface area contributed by atoms with Crippen LogP contribution in [-0.4, -0.2) is 83.4 Å². The average Bonchev–Trinajstić information content (AvgIpc) is 3.70. The summed E-state index contributed by atoms with van der Waals surface area (Å²) >= 11 is 0. The minimum atomic E-state index is -1.18. The van der Waals surface area contributed by atoms with Crippen LogP contribution in [0.15, 0.2) is 18.7 Å². The number of esters is 1. The molecule has 0 aliphatic carbocycles. The fraction of sp³-hybridized carbons (Fsp3) is 0.721. The van der Waals surface area contributed by atoms with E-state index in [4.69, 9.17) is 25.7 Å². The molecule has 9 atom stereocenters. The van der Waals surface area contributed by atoms with Crippen molar-refractivity contribution in [3.05, 3.63) is 35.4 Å². The van der Waals surface area contributed by atoms with E-state index in [-0.39, 0.29) is 46.3 Å². The summed E-state index contributed by atoms with van der Waals surface area (Å²) in [7, 11) is -0.272. The van der Waals surface area contributed by atoms with Crippen LogP contribution in [-0.2, 0) is 26.8 Å². The highest BCUT2D eigenvalue weighted by molar-refractivity contribution is 7.96. The molecule has 2 aliphatic heterocycles. The van der Waals surface area contributed by atoms with Crippen LogP contribution in [0.2, 0.25) is 0 Å². The van der Waals surface area contributed by atoms with Crippen molar-refractivity contribution in [3.63, 3.8) is 0 Å². The largest absolute Gasteiger partial charge is 1.00 e. The third-order valence-electron chi connectivity index (χ3n) is 12.2. The van der Waals surface area contributed by atoms with Gasteiger partial charge in [0.1, 0.15) is 64.8 Å². The summed E-state index contributed by atoms with van der Waals surface area (Å²) in [6, 6.07) is 1.15. The Balaban J connectivity index is 0.00000720. The number of nitrogens with zero attached hydrogens (tertiary/aromatic N) is 4. The fourth-order valence-electron chi connectivity index (χ4n) is 8.18. The minimum Gasteiger partial charge on any atom is -1.00 e. The lowest BCUT2D eigenvalue weighted by Crippen LogP contribution is -3.00.